The Labute approximate surface area is 129 Å². The fraction of sp³-hybridized carbons (Fsp3) is 0.167. The summed E-state index contributed by atoms with van der Waals surface area (Å²) in [6.07, 6.45) is 1.01. The van der Waals surface area contributed by atoms with Gasteiger partial charge in [0.15, 0.2) is 5.88 Å². The second kappa shape index (κ2) is 5.56. The fourth-order valence-electron chi connectivity index (χ4n) is 2.62. The molecular formula is C18H19N3O. The number of aryl methyl sites for hydroxylation is 1. The molecular weight excluding hydrogens is 274 g/mol. The molecule has 3 aromatic rings. The van der Waals surface area contributed by atoms with Crippen molar-refractivity contribution in [1.29, 1.82) is 0 Å². The highest BCUT2D eigenvalue weighted by Gasteiger charge is 2.13. The minimum Gasteiger partial charge on any atom is -0.494 e. The first-order chi connectivity index (χ1) is 10.6. The quantitative estimate of drug-likeness (QED) is 0.501. The van der Waals surface area contributed by atoms with E-state index in [2.05, 4.69) is 29.0 Å². The van der Waals surface area contributed by atoms with Gasteiger partial charge in [-0.1, -0.05) is 19.1 Å². The van der Waals surface area contributed by atoms with E-state index < -0.39 is 0 Å². The van der Waals surface area contributed by atoms with E-state index in [9.17, 15) is 5.11 Å². The van der Waals surface area contributed by atoms with Gasteiger partial charge in [-0.25, -0.2) is 0 Å². The Bertz CT molecular complexity index is 845. The van der Waals surface area contributed by atoms with Crippen LogP contribution in [0.2, 0.25) is 0 Å². The van der Waals surface area contributed by atoms with Crippen LogP contribution in [-0.2, 0) is 6.42 Å². The first-order valence-corrected chi connectivity index (χ1v) is 7.33. The summed E-state index contributed by atoms with van der Waals surface area (Å²) in [5.41, 5.74) is 10.9. The maximum Gasteiger partial charge on any atom is 0.198 e. The molecule has 1 heterocycles. The van der Waals surface area contributed by atoms with Gasteiger partial charge in [-0.05, 0) is 49.2 Å². The summed E-state index contributed by atoms with van der Waals surface area (Å²) in [5, 5.41) is 11.1. The smallest absolute Gasteiger partial charge is 0.198 e. The molecule has 0 radical (unpaired) electrons. The highest BCUT2D eigenvalue weighted by atomic mass is 16.3. The number of nitrogens with two attached hydrogens (primary N) is 1. The molecule has 0 amide bonds. The van der Waals surface area contributed by atoms with E-state index >= 15 is 0 Å². The number of nitrogen functional groups attached to an aromatic ring is 1. The lowest BCUT2D eigenvalue weighted by Crippen LogP contribution is -1.94. The van der Waals surface area contributed by atoms with Gasteiger partial charge >= 0.3 is 0 Å². The lowest BCUT2D eigenvalue weighted by molar-refractivity contribution is 0.457. The Balaban J connectivity index is 2.07. The topological polar surface area (TPSA) is 74.4 Å². The third-order valence-electron chi connectivity index (χ3n) is 3.81. The minimum absolute atomic E-state index is 0.118. The van der Waals surface area contributed by atoms with Gasteiger partial charge in [-0.2, -0.15) is 0 Å². The van der Waals surface area contributed by atoms with Crippen LogP contribution < -0.4 is 5.73 Å². The third-order valence-corrected chi connectivity index (χ3v) is 3.81. The van der Waals surface area contributed by atoms with Gasteiger partial charge < -0.3 is 15.8 Å². The SMILES string of the molecule is CCc1ccc(N=C(C)c2c(O)[nH]c3ccc(N)cc23)cc1. The summed E-state index contributed by atoms with van der Waals surface area (Å²) in [6.45, 7) is 4.01. The second-order valence-corrected chi connectivity index (χ2v) is 5.37. The molecule has 22 heavy (non-hydrogen) atoms. The molecule has 0 atom stereocenters. The number of aromatic nitrogens is 1. The molecule has 2 aromatic carbocycles. The van der Waals surface area contributed by atoms with Crippen LogP contribution >= 0.6 is 0 Å². The van der Waals surface area contributed by atoms with Crippen molar-refractivity contribution in [2.75, 3.05) is 5.73 Å². The number of rotatable bonds is 3. The molecule has 0 bridgehead atoms. The second-order valence-electron chi connectivity index (χ2n) is 5.37. The predicted octanol–water partition coefficient (Wildman–Crippen LogP) is 4.16. The first kappa shape index (κ1) is 14.2. The Morgan fingerprint density at radius 2 is 1.91 bits per heavy atom. The maximum atomic E-state index is 10.2. The monoisotopic (exact) mass is 293 g/mol. The van der Waals surface area contributed by atoms with Gasteiger partial charge in [0.25, 0.3) is 0 Å². The lowest BCUT2D eigenvalue weighted by Gasteiger charge is -2.02. The number of benzene rings is 2. The summed E-state index contributed by atoms with van der Waals surface area (Å²) in [4.78, 5) is 7.57. The molecule has 0 aliphatic carbocycles. The van der Waals surface area contributed by atoms with Gasteiger partial charge in [0.05, 0.1) is 17.0 Å². The zero-order valence-corrected chi connectivity index (χ0v) is 12.7. The molecule has 4 heteroatoms. The van der Waals surface area contributed by atoms with E-state index in [0.717, 1.165) is 28.7 Å². The summed E-state index contributed by atoms with van der Waals surface area (Å²) in [5.74, 6) is 0.118. The molecule has 3 rings (SSSR count). The zero-order chi connectivity index (χ0) is 15.7. The van der Waals surface area contributed by atoms with Crippen molar-refractivity contribution in [3.05, 3.63) is 53.6 Å². The Hall–Kier alpha value is -2.75. The molecule has 0 aliphatic rings. The number of hydrogen-bond acceptors (Lipinski definition) is 3. The molecule has 0 unspecified atom stereocenters. The number of aliphatic imine (C=N–C) groups is 1. The number of nitrogens with zero attached hydrogens (tertiary/aromatic N) is 1. The lowest BCUT2D eigenvalue weighted by atomic mass is 10.1. The largest absolute Gasteiger partial charge is 0.494 e. The van der Waals surface area contributed by atoms with Crippen molar-refractivity contribution < 1.29 is 5.11 Å². The Morgan fingerprint density at radius 3 is 2.59 bits per heavy atom. The van der Waals surface area contributed by atoms with Crippen molar-refractivity contribution in [3.8, 4) is 5.88 Å². The van der Waals surface area contributed by atoms with Crippen LogP contribution in [-0.4, -0.2) is 15.8 Å². The molecule has 4 nitrogen and oxygen atoms in total. The van der Waals surface area contributed by atoms with E-state index in [-0.39, 0.29) is 5.88 Å². The number of nitrogens with one attached hydrogen (secondary N) is 1. The predicted molar refractivity (Wildman–Crippen MR) is 92.1 cm³/mol. The van der Waals surface area contributed by atoms with E-state index in [4.69, 9.17) is 5.73 Å². The van der Waals surface area contributed by atoms with E-state index in [0.29, 0.717) is 11.3 Å². The van der Waals surface area contributed by atoms with E-state index in [1.807, 2.05) is 31.2 Å². The normalized spacial score (nSPS) is 12.0. The average Bonchev–Trinajstić information content (AvgIpc) is 2.83. The number of H-pyrrole nitrogens is 1. The van der Waals surface area contributed by atoms with Crippen LogP contribution in [0.3, 0.4) is 0 Å². The van der Waals surface area contributed by atoms with E-state index in [1.54, 1.807) is 6.07 Å². The van der Waals surface area contributed by atoms with Crippen LogP contribution in [0.25, 0.3) is 10.9 Å². The first-order valence-electron chi connectivity index (χ1n) is 7.33. The molecule has 0 saturated heterocycles. The molecule has 4 N–H and O–H groups in total. The van der Waals surface area contributed by atoms with Crippen LogP contribution in [0.4, 0.5) is 11.4 Å². The molecule has 112 valence electrons. The van der Waals surface area contributed by atoms with E-state index in [1.165, 1.54) is 5.56 Å². The summed E-state index contributed by atoms with van der Waals surface area (Å²) < 4.78 is 0. The van der Waals surface area contributed by atoms with Gasteiger partial charge in [0.1, 0.15) is 0 Å². The molecule has 0 saturated carbocycles. The zero-order valence-electron chi connectivity index (χ0n) is 12.7. The number of hydrogen-bond donors (Lipinski definition) is 3. The van der Waals surface area contributed by atoms with Crippen molar-refractivity contribution in [1.82, 2.24) is 4.98 Å². The molecule has 1 aromatic heterocycles. The molecule has 0 fully saturated rings. The maximum absolute atomic E-state index is 10.2. The van der Waals surface area contributed by atoms with Crippen molar-refractivity contribution >= 4 is 28.0 Å². The highest BCUT2D eigenvalue weighted by molar-refractivity contribution is 6.13. The van der Waals surface area contributed by atoms with Gasteiger partial charge in [-0.3, -0.25) is 4.99 Å². The fourth-order valence-corrected chi connectivity index (χ4v) is 2.62. The summed E-state index contributed by atoms with van der Waals surface area (Å²) in [6, 6.07) is 13.6. The van der Waals surface area contributed by atoms with Crippen LogP contribution in [0, 0.1) is 0 Å². The number of fused-ring (bicyclic) bond motifs is 1. The van der Waals surface area contributed by atoms with Gasteiger partial charge in [0.2, 0.25) is 0 Å². The van der Waals surface area contributed by atoms with Gasteiger partial charge in [-0.15, -0.1) is 0 Å². The highest BCUT2D eigenvalue weighted by Crippen LogP contribution is 2.30. The third kappa shape index (κ3) is 2.55. The number of aromatic hydroxyl groups is 1. The molecule has 0 spiro atoms. The van der Waals surface area contributed by atoms with Crippen LogP contribution in [0.15, 0.2) is 47.5 Å². The molecule has 0 aliphatic heterocycles. The summed E-state index contributed by atoms with van der Waals surface area (Å²) in [7, 11) is 0. The van der Waals surface area contributed by atoms with Crippen molar-refractivity contribution in [2.45, 2.75) is 20.3 Å². The summed E-state index contributed by atoms with van der Waals surface area (Å²) >= 11 is 0. The average molecular weight is 293 g/mol. The van der Waals surface area contributed by atoms with Crippen molar-refractivity contribution in [3.63, 3.8) is 0 Å². The van der Waals surface area contributed by atoms with Gasteiger partial charge in [0, 0.05) is 16.6 Å². The Morgan fingerprint density at radius 1 is 1.18 bits per heavy atom. The van der Waals surface area contributed by atoms with Crippen LogP contribution in [0.5, 0.6) is 5.88 Å². The van der Waals surface area contributed by atoms with Crippen LogP contribution in [0.1, 0.15) is 25.0 Å². The number of anilines is 1. The minimum atomic E-state index is 0.118. The number of aromatic amines is 1. The van der Waals surface area contributed by atoms with Crippen molar-refractivity contribution in [2.24, 2.45) is 4.99 Å². The Kier molecular flexibility index (Phi) is 3.59. The standard InChI is InChI=1S/C18H19N3O/c1-3-12-4-7-14(8-5-12)20-11(2)17-15-10-13(19)6-9-16(15)21-18(17)22/h4-10,21-22H,3,19H2,1-2H3.